The van der Waals surface area contributed by atoms with Crippen molar-refractivity contribution in [2.75, 3.05) is 25.5 Å². The summed E-state index contributed by atoms with van der Waals surface area (Å²) in [6.07, 6.45) is 0. The summed E-state index contributed by atoms with van der Waals surface area (Å²) in [5, 5.41) is 7.86. The first-order valence-electron chi connectivity index (χ1n) is 5.08. The van der Waals surface area contributed by atoms with Crippen molar-refractivity contribution < 1.29 is 9.59 Å². The Hall–Kier alpha value is -1.40. The number of amides is 2. The Labute approximate surface area is 108 Å². The third-order valence-electron chi connectivity index (χ3n) is 1.91. The zero-order valence-electron chi connectivity index (χ0n) is 9.42. The number of likely N-dealkylation sites (N-methyl/N-ethyl adjacent to an activating group) is 1. The highest BCUT2D eigenvalue weighted by Crippen LogP contribution is 2.13. The predicted octanol–water partition coefficient (Wildman–Crippen LogP) is 0.723. The Balaban J connectivity index is 2.34. The van der Waals surface area contributed by atoms with Crippen LogP contribution in [0.5, 0.6) is 0 Å². The largest absolute Gasteiger partial charge is 0.346 e. The van der Waals surface area contributed by atoms with Gasteiger partial charge in [0.05, 0.1) is 13.1 Å². The lowest BCUT2D eigenvalue weighted by molar-refractivity contribution is -0.123. The van der Waals surface area contributed by atoms with E-state index in [0.29, 0.717) is 5.69 Å². The second kappa shape index (κ2) is 7.03. The van der Waals surface area contributed by atoms with E-state index in [9.17, 15) is 9.59 Å². The summed E-state index contributed by atoms with van der Waals surface area (Å²) < 4.78 is 0.942. The van der Waals surface area contributed by atoms with E-state index in [1.807, 2.05) is 12.1 Å². The van der Waals surface area contributed by atoms with Gasteiger partial charge in [-0.15, -0.1) is 0 Å². The van der Waals surface area contributed by atoms with Gasteiger partial charge in [0.15, 0.2) is 0 Å². The monoisotopic (exact) mass is 299 g/mol. The van der Waals surface area contributed by atoms with Crippen LogP contribution in [0.25, 0.3) is 0 Å². The van der Waals surface area contributed by atoms with Gasteiger partial charge in [-0.05, 0) is 31.3 Å². The maximum Gasteiger partial charge on any atom is 0.243 e. The molecule has 0 saturated carbocycles. The molecule has 0 fully saturated rings. The van der Waals surface area contributed by atoms with Gasteiger partial charge >= 0.3 is 0 Å². The number of hydrogen-bond acceptors (Lipinski definition) is 3. The molecule has 6 heteroatoms. The number of carbonyl (C=O) groups is 2. The minimum absolute atomic E-state index is 0.0312. The summed E-state index contributed by atoms with van der Waals surface area (Å²) in [6, 6.07) is 7.21. The average molecular weight is 300 g/mol. The lowest BCUT2D eigenvalue weighted by atomic mass is 10.3. The fourth-order valence-electron chi connectivity index (χ4n) is 1.14. The number of anilines is 1. The second-order valence-electron chi connectivity index (χ2n) is 3.36. The Morgan fingerprint density at radius 3 is 2.35 bits per heavy atom. The molecule has 0 heterocycles. The zero-order valence-corrected chi connectivity index (χ0v) is 11.0. The van der Waals surface area contributed by atoms with Crippen molar-refractivity contribution >= 4 is 33.4 Å². The summed E-state index contributed by atoms with van der Waals surface area (Å²) in [6.45, 7) is 0.169. The molecular formula is C11H14BrN3O2. The van der Waals surface area contributed by atoms with Crippen LogP contribution in [0, 0.1) is 0 Å². The fourth-order valence-corrected chi connectivity index (χ4v) is 1.40. The summed E-state index contributed by atoms with van der Waals surface area (Å²) in [7, 11) is 1.67. The van der Waals surface area contributed by atoms with Crippen LogP contribution in [0.1, 0.15) is 0 Å². The molecule has 92 valence electrons. The van der Waals surface area contributed by atoms with Crippen LogP contribution in [0.3, 0.4) is 0 Å². The van der Waals surface area contributed by atoms with Crippen molar-refractivity contribution in [1.29, 1.82) is 0 Å². The number of rotatable bonds is 5. The number of carbonyl (C=O) groups excluding carboxylic acids is 2. The highest BCUT2D eigenvalue weighted by molar-refractivity contribution is 9.10. The van der Waals surface area contributed by atoms with Gasteiger partial charge in [-0.3, -0.25) is 9.59 Å². The quantitative estimate of drug-likeness (QED) is 0.750. The molecule has 0 saturated heterocycles. The minimum Gasteiger partial charge on any atom is -0.346 e. The number of benzene rings is 1. The van der Waals surface area contributed by atoms with Gasteiger partial charge < -0.3 is 16.0 Å². The molecule has 3 N–H and O–H groups in total. The maximum absolute atomic E-state index is 11.4. The summed E-state index contributed by atoms with van der Waals surface area (Å²) in [5.74, 6) is -0.463. The fraction of sp³-hybridized carbons (Fsp3) is 0.273. The standard InChI is InChI=1S/C11H14BrN3O2/c1-13-6-10(16)14-7-11(17)15-9-4-2-8(12)3-5-9/h2-5,13H,6-7H2,1H3,(H,14,16)(H,15,17). The van der Waals surface area contributed by atoms with Crippen molar-refractivity contribution in [2.24, 2.45) is 0 Å². The van der Waals surface area contributed by atoms with Gasteiger partial charge in [-0.25, -0.2) is 0 Å². The van der Waals surface area contributed by atoms with Crippen LogP contribution >= 0.6 is 15.9 Å². The molecule has 0 aliphatic carbocycles. The number of hydrogen-bond donors (Lipinski definition) is 3. The molecule has 0 aliphatic heterocycles. The average Bonchev–Trinajstić information content (AvgIpc) is 2.30. The van der Waals surface area contributed by atoms with Gasteiger partial charge in [-0.1, -0.05) is 15.9 Å². The molecule has 0 unspecified atom stereocenters. The van der Waals surface area contributed by atoms with Crippen molar-refractivity contribution in [3.63, 3.8) is 0 Å². The molecule has 1 rings (SSSR count). The van der Waals surface area contributed by atoms with Gasteiger partial charge in [0.25, 0.3) is 0 Å². The first-order chi connectivity index (χ1) is 8.11. The van der Waals surface area contributed by atoms with Crippen molar-refractivity contribution in [1.82, 2.24) is 10.6 Å². The summed E-state index contributed by atoms with van der Waals surface area (Å²) >= 11 is 3.30. The third-order valence-corrected chi connectivity index (χ3v) is 2.44. The van der Waals surface area contributed by atoms with E-state index >= 15 is 0 Å². The molecule has 0 aromatic heterocycles. The third kappa shape index (κ3) is 5.46. The highest BCUT2D eigenvalue weighted by atomic mass is 79.9. The van der Waals surface area contributed by atoms with Crippen LogP contribution < -0.4 is 16.0 Å². The van der Waals surface area contributed by atoms with E-state index in [-0.39, 0.29) is 24.9 Å². The van der Waals surface area contributed by atoms with E-state index in [0.717, 1.165) is 4.47 Å². The smallest absolute Gasteiger partial charge is 0.243 e. The first kappa shape index (κ1) is 13.7. The lowest BCUT2D eigenvalue weighted by Gasteiger charge is -2.06. The SMILES string of the molecule is CNCC(=O)NCC(=O)Nc1ccc(Br)cc1. The molecule has 0 atom stereocenters. The number of nitrogens with one attached hydrogen (secondary N) is 3. The first-order valence-corrected chi connectivity index (χ1v) is 5.88. The molecular weight excluding hydrogens is 286 g/mol. The van der Waals surface area contributed by atoms with E-state index < -0.39 is 0 Å². The topological polar surface area (TPSA) is 70.2 Å². The Bertz CT molecular complexity index is 392. The van der Waals surface area contributed by atoms with Crippen molar-refractivity contribution in [2.45, 2.75) is 0 Å². The Morgan fingerprint density at radius 2 is 1.76 bits per heavy atom. The highest BCUT2D eigenvalue weighted by Gasteiger charge is 2.04. The van der Waals surface area contributed by atoms with Crippen LogP contribution in [-0.2, 0) is 9.59 Å². The molecule has 0 radical (unpaired) electrons. The van der Waals surface area contributed by atoms with E-state index in [2.05, 4.69) is 31.9 Å². The van der Waals surface area contributed by atoms with E-state index in [1.165, 1.54) is 0 Å². The second-order valence-corrected chi connectivity index (χ2v) is 4.28. The molecule has 2 amide bonds. The summed E-state index contributed by atoms with van der Waals surface area (Å²) in [4.78, 5) is 22.5. The van der Waals surface area contributed by atoms with E-state index in [4.69, 9.17) is 0 Å². The van der Waals surface area contributed by atoms with Crippen LogP contribution in [0.4, 0.5) is 5.69 Å². The van der Waals surface area contributed by atoms with Crippen LogP contribution in [0.15, 0.2) is 28.7 Å². The Kier molecular flexibility index (Phi) is 5.65. The van der Waals surface area contributed by atoms with Gasteiger partial charge in [0, 0.05) is 10.2 Å². The van der Waals surface area contributed by atoms with Gasteiger partial charge in [0.1, 0.15) is 0 Å². The maximum atomic E-state index is 11.4. The molecule has 5 nitrogen and oxygen atoms in total. The molecule has 0 spiro atoms. The normalized spacial score (nSPS) is 9.76. The van der Waals surface area contributed by atoms with Crippen LogP contribution in [0.2, 0.25) is 0 Å². The summed E-state index contributed by atoms with van der Waals surface area (Å²) in [5.41, 5.74) is 0.695. The predicted molar refractivity (Wildman–Crippen MR) is 69.7 cm³/mol. The zero-order chi connectivity index (χ0) is 12.7. The Morgan fingerprint density at radius 1 is 1.12 bits per heavy atom. The number of halogens is 1. The van der Waals surface area contributed by atoms with Crippen molar-refractivity contribution in [3.05, 3.63) is 28.7 Å². The van der Waals surface area contributed by atoms with E-state index in [1.54, 1.807) is 19.2 Å². The van der Waals surface area contributed by atoms with Gasteiger partial charge in [-0.2, -0.15) is 0 Å². The molecule has 0 bridgehead atoms. The molecule has 0 aliphatic rings. The minimum atomic E-state index is -0.253. The van der Waals surface area contributed by atoms with Crippen LogP contribution in [-0.4, -0.2) is 32.0 Å². The molecule has 1 aromatic carbocycles. The van der Waals surface area contributed by atoms with Crippen molar-refractivity contribution in [3.8, 4) is 0 Å². The lowest BCUT2D eigenvalue weighted by Crippen LogP contribution is -2.37. The molecule has 17 heavy (non-hydrogen) atoms. The van der Waals surface area contributed by atoms with Gasteiger partial charge in [0.2, 0.25) is 11.8 Å². The molecule has 1 aromatic rings.